The third kappa shape index (κ3) is 5.28. The molecule has 124 valence electrons. The normalized spacial score (nSPS) is 11.3. The van der Waals surface area contributed by atoms with Gasteiger partial charge in [0.2, 0.25) is 5.88 Å². The predicted molar refractivity (Wildman–Crippen MR) is 75.0 cm³/mol. The lowest BCUT2D eigenvalue weighted by molar-refractivity contribution is -0.154. The van der Waals surface area contributed by atoms with Gasteiger partial charge in [0.05, 0.1) is 5.56 Å². The average molecular weight is 328 g/mol. The zero-order valence-corrected chi connectivity index (χ0v) is 12.3. The quantitative estimate of drug-likeness (QED) is 0.877. The number of rotatable bonds is 6. The molecule has 6 nitrogen and oxygen atoms in total. The van der Waals surface area contributed by atoms with Crippen molar-refractivity contribution in [2.24, 2.45) is 7.05 Å². The van der Waals surface area contributed by atoms with Crippen LogP contribution in [-0.2, 0) is 13.5 Å². The van der Waals surface area contributed by atoms with Crippen LogP contribution in [-0.4, -0.2) is 39.8 Å². The van der Waals surface area contributed by atoms with Gasteiger partial charge in [0.1, 0.15) is 5.82 Å². The smallest absolute Gasteiger partial charge is 0.422 e. The third-order valence-electron chi connectivity index (χ3n) is 2.94. The summed E-state index contributed by atoms with van der Waals surface area (Å²) < 4.78 is 42.3. The van der Waals surface area contributed by atoms with E-state index in [1.165, 1.54) is 18.3 Å². The topological polar surface area (TPSA) is 69.0 Å². The van der Waals surface area contributed by atoms with Gasteiger partial charge in [-0.3, -0.25) is 4.79 Å². The molecule has 0 spiro atoms. The van der Waals surface area contributed by atoms with Crippen molar-refractivity contribution in [2.75, 3.05) is 13.2 Å². The molecular weight excluding hydrogens is 313 g/mol. The summed E-state index contributed by atoms with van der Waals surface area (Å²) in [5.74, 6) is 0.278. The highest BCUT2D eigenvalue weighted by molar-refractivity contribution is 5.93. The van der Waals surface area contributed by atoms with E-state index in [0.29, 0.717) is 13.0 Å². The molecule has 2 aromatic rings. The van der Waals surface area contributed by atoms with Gasteiger partial charge in [-0.05, 0) is 6.07 Å². The van der Waals surface area contributed by atoms with E-state index in [2.05, 4.69) is 20.0 Å². The highest BCUT2D eigenvalue weighted by Crippen LogP contribution is 2.17. The molecule has 0 aromatic carbocycles. The highest BCUT2D eigenvalue weighted by Gasteiger charge is 2.28. The number of hydrogen-bond donors (Lipinski definition) is 1. The van der Waals surface area contributed by atoms with Crippen LogP contribution >= 0.6 is 0 Å². The maximum absolute atomic E-state index is 12.0. The number of nitrogens with one attached hydrogen (secondary N) is 1. The Morgan fingerprint density at radius 2 is 2.13 bits per heavy atom. The number of pyridine rings is 1. The second-order valence-electron chi connectivity index (χ2n) is 4.75. The van der Waals surface area contributed by atoms with Crippen molar-refractivity contribution in [3.63, 3.8) is 0 Å². The molecule has 0 atom stereocenters. The van der Waals surface area contributed by atoms with Crippen molar-refractivity contribution >= 4 is 5.91 Å². The molecule has 2 aromatic heterocycles. The van der Waals surface area contributed by atoms with Crippen LogP contribution < -0.4 is 10.1 Å². The van der Waals surface area contributed by atoms with Crippen molar-refractivity contribution in [3.05, 3.63) is 42.1 Å². The van der Waals surface area contributed by atoms with Crippen molar-refractivity contribution in [1.29, 1.82) is 0 Å². The summed E-state index contributed by atoms with van der Waals surface area (Å²) in [6, 6.07) is 2.58. The van der Waals surface area contributed by atoms with Gasteiger partial charge < -0.3 is 14.6 Å². The second-order valence-corrected chi connectivity index (χ2v) is 4.75. The number of aryl methyl sites for hydroxylation is 1. The molecule has 0 saturated heterocycles. The number of carbonyl (C=O) groups is 1. The van der Waals surface area contributed by atoms with Crippen LogP contribution in [0.25, 0.3) is 0 Å². The van der Waals surface area contributed by atoms with Gasteiger partial charge in [-0.25, -0.2) is 9.97 Å². The van der Waals surface area contributed by atoms with Crippen molar-refractivity contribution < 1.29 is 22.7 Å². The molecule has 2 heterocycles. The molecule has 0 aliphatic rings. The summed E-state index contributed by atoms with van der Waals surface area (Å²) in [6.07, 6.45) is 0.779. The molecule has 9 heteroatoms. The molecule has 0 fully saturated rings. The molecule has 0 aliphatic carbocycles. The summed E-state index contributed by atoms with van der Waals surface area (Å²) in [5.41, 5.74) is 0.240. The van der Waals surface area contributed by atoms with E-state index < -0.39 is 12.8 Å². The molecule has 0 unspecified atom stereocenters. The van der Waals surface area contributed by atoms with Crippen LogP contribution in [0, 0.1) is 0 Å². The highest BCUT2D eigenvalue weighted by atomic mass is 19.4. The lowest BCUT2D eigenvalue weighted by Crippen LogP contribution is -2.26. The van der Waals surface area contributed by atoms with E-state index in [-0.39, 0.29) is 17.4 Å². The first-order valence-corrected chi connectivity index (χ1v) is 6.75. The van der Waals surface area contributed by atoms with Gasteiger partial charge in [0.15, 0.2) is 6.61 Å². The maximum atomic E-state index is 12.0. The predicted octanol–water partition coefficient (Wildman–Crippen LogP) is 1.73. The molecule has 1 N–H and O–H groups in total. The summed E-state index contributed by atoms with van der Waals surface area (Å²) in [5, 5.41) is 2.69. The average Bonchev–Trinajstić information content (AvgIpc) is 2.90. The van der Waals surface area contributed by atoms with Crippen LogP contribution in [0.3, 0.4) is 0 Å². The Bertz CT molecular complexity index is 653. The third-order valence-corrected chi connectivity index (χ3v) is 2.94. The van der Waals surface area contributed by atoms with E-state index in [1.54, 1.807) is 12.4 Å². The van der Waals surface area contributed by atoms with Crippen LogP contribution in [0.15, 0.2) is 30.7 Å². The lowest BCUT2D eigenvalue weighted by Gasteiger charge is -2.09. The summed E-state index contributed by atoms with van der Waals surface area (Å²) in [4.78, 5) is 19.7. The first-order valence-electron chi connectivity index (χ1n) is 6.75. The number of aromatic nitrogens is 3. The zero-order chi connectivity index (χ0) is 16.9. The standard InChI is InChI=1S/C14H15F3N4O2/c1-21-7-6-18-11(21)4-5-19-13(22)10-2-3-12(20-8-10)23-9-14(15,16)17/h2-3,6-8H,4-5,9H2,1H3,(H,19,22). The number of hydrogen-bond acceptors (Lipinski definition) is 4. The Kier molecular flexibility index (Phi) is 5.20. The van der Waals surface area contributed by atoms with E-state index in [4.69, 9.17) is 0 Å². The summed E-state index contributed by atoms with van der Waals surface area (Å²) in [7, 11) is 1.85. The molecule has 2 rings (SSSR count). The molecule has 1 amide bonds. The minimum atomic E-state index is -4.43. The van der Waals surface area contributed by atoms with Gasteiger partial charge in [0, 0.05) is 44.7 Å². The number of nitrogens with zero attached hydrogens (tertiary/aromatic N) is 3. The molecule has 0 radical (unpaired) electrons. The Hall–Kier alpha value is -2.58. The Morgan fingerprint density at radius 3 is 2.70 bits per heavy atom. The molecule has 23 heavy (non-hydrogen) atoms. The SMILES string of the molecule is Cn1ccnc1CCNC(=O)c1ccc(OCC(F)(F)F)nc1. The first-order chi connectivity index (χ1) is 10.8. The van der Waals surface area contributed by atoms with Crippen LogP contribution in [0.1, 0.15) is 16.2 Å². The second kappa shape index (κ2) is 7.12. The zero-order valence-electron chi connectivity index (χ0n) is 12.3. The Morgan fingerprint density at radius 1 is 1.35 bits per heavy atom. The number of imidazole rings is 1. The monoisotopic (exact) mass is 328 g/mol. The Labute approximate surface area is 130 Å². The molecule has 0 saturated carbocycles. The molecule has 0 aliphatic heterocycles. The fraction of sp³-hybridized carbons (Fsp3) is 0.357. The Balaban J connectivity index is 1.82. The number of carbonyl (C=O) groups excluding carboxylic acids is 1. The van der Waals surface area contributed by atoms with Gasteiger partial charge in [-0.1, -0.05) is 0 Å². The van der Waals surface area contributed by atoms with E-state index >= 15 is 0 Å². The largest absolute Gasteiger partial charge is 0.468 e. The number of ether oxygens (including phenoxy) is 1. The number of amides is 1. The maximum Gasteiger partial charge on any atom is 0.422 e. The fourth-order valence-corrected chi connectivity index (χ4v) is 1.78. The minimum Gasteiger partial charge on any atom is -0.468 e. The van der Waals surface area contributed by atoms with E-state index in [9.17, 15) is 18.0 Å². The van der Waals surface area contributed by atoms with E-state index in [1.807, 2.05) is 11.6 Å². The van der Waals surface area contributed by atoms with Gasteiger partial charge in [-0.2, -0.15) is 13.2 Å². The number of halogens is 3. The minimum absolute atomic E-state index is 0.188. The molecule has 0 bridgehead atoms. The van der Waals surface area contributed by atoms with E-state index in [0.717, 1.165) is 5.82 Å². The lowest BCUT2D eigenvalue weighted by atomic mass is 10.2. The summed E-state index contributed by atoms with van der Waals surface area (Å²) in [6.45, 7) is -1.04. The fourth-order valence-electron chi connectivity index (χ4n) is 1.78. The van der Waals surface area contributed by atoms with Crippen LogP contribution in [0.5, 0.6) is 5.88 Å². The van der Waals surface area contributed by atoms with Crippen molar-refractivity contribution in [3.8, 4) is 5.88 Å². The first kappa shape index (κ1) is 16.8. The van der Waals surface area contributed by atoms with Gasteiger partial charge >= 0.3 is 6.18 Å². The van der Waals surface area contributed by atoms with Crippen molar-refractivity contribution in [2.45, 2.75) is 12.6 Å². The van der Waals surface area contributed by atoms with Crippen LogP contribution in [0.2, 0.25) is 0 Å². The van der Waals surface area contributed by atoms with Gasteiger partial charge in [-0.15, -0.1) is 0 Å². The number of alkyl halides is 3. The summed E-state index contributed by atoms with van der Waals surface area (Å²) >= 11 is 0. The van der Waals surface area contributed by atoms with Crippen LogP contribution in [0.4, 0.5) is 13.2 Å². The van der Waals surface area contributed by atoms with Crippen molar-refractivity contribution in [1.82, 2.24) is 19.9 Å². The molecular formula is C14H15F3N4O2. The van der Waals surface area contributed by atoms with Gasteiger partial charge in [0.25, 0.3) is 5.91 Å².